The first kappa shape index (κ1) is 12.1. The molecule has 0 aliphatic rings. The molecule has 16 heavy (non-hydrogen) atoms. The van der Waals surface area contributed by atoms with Crippen molar-refractivity contribution in [3.8, 4) is 0 Å². The second-order valence-corrected chi connectivity index (χ2v) is 3.83. The Kier molecular flexibility index (Phi) is 3.97. The van der Waals surface area contributed by atoms with Crippen molar-refractivity contribution in [3.63, 3.8) is 0 Å². The quantitative estimate of drug-likeness (QED) is 0.624. The van der Waals surface area contributed by atoms with Gasteiger partial charge in [-0.2, -0.15) is 4.99 Å². The van der Waals surface area contributed by atoms with Crippen molar-refractivity contribution in [2.75, 3.05) is 0 Å². The molecule has 4 heteroatoms. The van der Waals surface area contributed by atoms with E-state index < -0.39 is 0 Å². The third-order valence-corrected chi connectivity index (χ3v) is 2.04. The standard InChI is InChI=1S/C12H14N2O2/c1-8(2)14-12(16)10-4-5-11(13-7-15)9(3)6-10/h4-6,8H,1-3H3,(H,14,16). The lowest BCUT2D eigenvalue weighted by Gasteiger charge is -2.09. The van der Waals surface area contributed by atoms with Crippen LogP contribution in [0.1, 0.15) is 29.8 Å². The molecule has 0 spiro atoms. The highest BCUT2D eigenvalue weighted by Crippen LogP contribution is 2.18. The summed E-state index contributed by atoms with van der Waals surface area (Å²) < 4.78 is 0. The van der Waals surface area contributed by atoms with Gasteiger partial charge >= 0.3 is 0 Å². The van der Waals surface area contributed by atoms with Gasteiger partial charge in [0.15, 0.2) is 0 Å². The Bertz CT molecular complexity index is 446. The highest BCUT2D eigenvalue weighted by molar-refractivity contribution is 5.95. The van der Waals surface area contributed by atoms with Gasteiger partial charge in [0.1, 0.15) is 0 Å². The van der Waals surface area contributed by atoms with Crippen molar-refractivity contribution in [2.24, 2.45) is 4.99 Å². The summed E-state index contributed by atoms with van der Waals surface area (Å²) >= 11 is 0. The highest BCUT2D eigenvalue weighted by atomic mass is 16.1. The van der Waals surface area contributed by atoms with Crippen LogP contribution >= 0.6 is 0 Å². The summed E-state index contributed by atoms with van der Waals surface area (Å²) in [6, 6.07) is 5.07. The van der Waals surface area contributed by atoms with Gasteiger partial charge in [0, 0.05) is 11.6 Å². The maximum Gasteiger partial charge on any atom is 0.251 e. The van der Waals surface area contributed by atoms with Crippen LogP contribution in [0.2, 0.25) is 0 Å². The van der Waals surface area contributed by atoms with Crippen molar-refractivity contribution in [2.45, 2.75) is 26.8 Å². The van der Waals surface area contributed by atoms with Crippen molar-refractivity contribution in [1.82, 2.24) is 5.32 Å². The smallest absolute Gasteiger partial charge is 0.251 e. The van der Waals surface area contributed by atoms with E-state index >= 15 is 0 Å². The van der Waals surface area contributed by atoms with Crippen LogP contribution in [0.4, 0.5) is 5.69 Å². The summed E-state index contributed by atoms with van der Waals surface area (Å²) in [4.78, 5) is 25.3. The van der Waals surface area contributed by atoms with Gasteiger partial charge in [-0.1, -0.05) is 0 Å². The van der Waals surface area contributed by atoms with Gasteiger partial charge in [-0.15, -0.1) is 0 Å². The van der Waals surface area contributed by atoms with Crippen LogP contribution < -0.4 is 5.32 Å². The molecule has 0 aliphatic heterocycles. The summed E-state index contributed by atoms with van der Waals surface area (Å²) in [5.41, 5.74) is 1.88. The number of carbonyl (C=O) groups is 1. The molecule has 1 aromatic rings. The Labute approximate surface area is 94.4 Å². The maximum absolute atomic E-state index is 11.7. The zero-order valence-corrected chi connectivity index (χ0v) is 9.57. The average Bonchev–Trinajstić information content (AvgIpc) is 2.20. The number of aliphatic imine (C=N–C) groups is 1. The molecule has 0 saturated heterocycles. The number of nitrogens with zero attached hydrogens (tertiary/aromatic N) is 1. The minimum atomic E-state index is -0.125. The van der Waals surface area contributed by atoms with Gasteiger partial charge in [0.2, 0.25) is 6.08 Å². The van der Waals surface area contributed by atoms with Crippen LogP contribution in [0, 0.1) is 6.92 Å². The van der Waals surface area contributed by atoms with Crippen molar-refractivity contribution >= 4 is 17.7 Å². The van der Waals surface area contributed by atoms with Gasteiger partial charge in [-0.25, -0.2) is 4.79 Å². The molecule has 0 aliphatic carbocycles. The van der Waals surface area contributed by atoms with E-state index in [-0.39, 0.29) is 11.9 Å². The van der Waals surface area contributed by atoms with Crippen LogP contribution in [0.5, 0.6) is 0 Å². The number of amides is 1. The van der Waals surface area contributed by atoms with Crippen LogP contribution in [-0.2, 0) is 4.79 Å². The number of aryl methyl sites for hydroxylation is 1. The highest BCUT2D eigenvalue weighted by Gasteiger charge is 2.08. The minimum absolute atomic E-state index is 0.0977. The van der Waals surface area contributed by atoms with E-state index in [0.717, 1.165) is 5.56 Å². The molecule has 0 fully saturated rings. The van der Waals surface area contributed by atoms with E-state index in [2.05, 4.69) is 10.3 Å². The summed E-state index contributed by atoms with van der Waals surface area (Å²) in [5.74, 6) is -0.125. The van der Waals surface area contributed by atoms with E-state index in [1.165, 1.54) is 6.08 Å². The summed E-state index contributed by atoms with van der Waals surface area (Å²) in [7, 11) is 0. The average molecular weight is 218 g/mol. The van der Waals surface area contributed by atoms with Gasteiger partial charge in [0.05, 0.1) is 5.69 Å². The summed E-state index contributed by atoms with van der Waals surface area (Å²) in [5, 5.41) is 2.79. The van der Waals surface area contributed by atoms with E-state index in [1.807, 2.05) is 13.8 Å². The number of benzene rings is 1. The van der Waals surface area contributed by atoms with Gasteiger partial charge in [-0.05, 0) is 44.5 Å². The predicted molar refractivity (Wildman–Crippen MR) is 61.6 cm³/mol. The maximum atomic E-state index is 11.7. The van der Waals surface area contributed by atoms with E-state index in [4.69, 9.17) is 0 Å². The zero-order valence-electron chi connectivity index (χ0n) is 9.57. The molecule has 0 heterocycles. The molecule has 0 unspecified atom stereocenters. The molecule has 1 rings (SSSR count). The third-order valence-electron chi connectivity index (χ3n) is 2.04. The SMILES string of the molecule is Cc1cc(C(=O)NC(C)C)ccc1N=C=O. The van der Waals surface area contributed by atoms with Gasteiger partial charge in [-0.3, -0.25) is 4.79 Å². The first-order valence-corrected chi connectivity index (χ1v) is 5.04. The number of nitrogens with one attached hydrogen (secondary N) is 1. The van der Waals surface area contributed by atoms with Crippen LogP contribution in [0.15, 0.2) is 23.2 Å². The molecular formula is C12H14N2O2. The lowest BCUT2D eigenvalue weighted by atomic mass is 10.1. The zero-order chi connectivity index (χ0) is 12.1. The Morgan fingerprint density at radius 3 is 2.62 bits per heavy atom. The number of hydrogen-bond donors (Lipinski definition) is 1. The first-order valence-electron chi connectivity index (χ1n) is 5.04. The lowest BCUT2D eigenvalue weighted by Crippen LogP contribution is -2.30. The lowest BCUT2D eigenvalue weighted by molar-refractivity contribution is 0.0943. The number of rotatable bonds is 3. The predicted octanol–water partition coefficient (Wildman–Crippen LogP) is 2.10. The molecule has 0 atom stereocenters. The largest absolute Gasteiger partial charge is 0.350 e. The van der Waals surface area contributed by atoms with E-state index in [1.54, 1.807) is 25.1 Å². The number of carbonyl (C=O) groups excluding carboxylic acids is 2. The normalized spacial score (nSPS) is 9.75. The summed E-state index contributed by atoms with van der Waals surface area (Å²) in [6.45, 7) is 5.59. The first-order chi connectivity index (χ1) is 7.54. The molecule has 0 saturated carbocycles. The fourth-order valence-corrected chi connectivity index (χ4v) is 1.32. The van der Waals surface area contributed by atoms with Crippen LogP contribution in [-0.4, -0.2) is 18.0 Å². The minimum Gasteiger partial charge on any atom is -0.350 e. The van der Waals surface area contributed by atoms with Crippen LogP contribution in [0.3, 0.4) is 0 Å². The van der Waals surface area contributed by atoms with Crippen molar-refractivity contribution in [1.29, 1.82) is 0 Å². The van der Waals surface area contributed by atoms with Gasteiger partial charge in [0.25, 0.3) is 5.91 Å². The number of hydrogen-bond acceptors (Lipinski definition) is 3. The van der Waals surface area contributed by atoms with E-state index in [9.17, 15) is 9.59 Å². The molecule has 1 aromatic carbocycles. The molecule has 0 bridgehead atoms. The molecular weight excluding hydrogens is 204 g/mol. The number of isocyanates is 1. The monoisotopic (exact) mass is 218 g/mol. The van der Waals surface area contributed by atoms with E-state index in [0.29, 0.717) is 11.3 Å². The summed E-state index contributed by atoms with van der Waals surface area (Å²) in [6.07, 6.45) is 1.48. The molecule has 0 radical (unpaired) electrons. The molecule has 1 amide bonds. The second-order valence-electron chi connectivity index (χ2n) is 3.83. The fourth-order valence-electron chi connectivity index (χ4n) is 1.32. The Morgan fingerprint density at radius 1 is 1.44 bits per heavy atom. The Morgan fingerprint density at radius 2 is 2.12 bits per heavy atom. The molecule has 84 valence electrons. The van der Waals surface area contributed by atoms with Crippen LogP contribution in [0.25, 0.3) is 0 Å². The second kappa shape index (κ2) is 5.24. The molecule has 0 aromatic heterocycles. The molecule has 1 N–H and O–H groups in total. The fraction of sp³-hybridized carbons (Fsp3) is 0.333. The molecule has 4 nitrogen and oxygen atoms in total. The van der Waals surface area contributed by atoms with Gasteiger partial charge < -0.3 is 5.32 Å². The van der Waals surface area contributed by atoms with Crippen molar-refractivity contribution in [3.05, 3.63) is 29.3 Å². The Hall–Kier alpha value is -1.93. The topological polar surface area (TPSA) is 58.5 Å². The van der Waals surface area contributed by atoms with Crippen molar-refractivity contribution < 1.29 is 9.59 Å². The third kappa shape index (κ3) is 3.04. The Balaban J connectivity index is 2.96.